The van der Waals surface area contributed by atoms with E-state index in [0.29, 0.717) is 0 Å². The van der Waals surface area contributed by atoms with Crippen molar-refractivity contribution in [1.82, 2.24) is 0 Å². The topological polar surface area (TPSA) is 0 Å². The van der Waals surface area contributed by atoms with Gasteiger partial charge in [-0.1, -0.05) is 36.4 Å². The molecule has 0 nitrogen and oxygen atoms in total. The third-order valence-electron chi connectivity index (χ3n) is 1.82. The summed E-state index contributed by atoms with van der Waals surface area (Å²) >= 11 is 1.72. The first kappa shape index (κ1) is 9.01. The molecule has 0 saturated carbocycles. The van der Waals surface area contributed by atoms with Gasteiger partial charge in [0, 0.05) is 4.88 Å². The van der Waals surface area contributed by atoms with Gasteiger partial charge in [0.05, 0.1) is 0 Å². The molecule has 0 amide bonds. The van der Waals surface area contributed by atoms with Gasteiger partial charge >= 0.3 is 0 Å². The molecule has 14 heavy (non-hydrogen) atoms. The number of rotatable bonds is 2. The summed E-state index contributed by atoms with van der Waals surface area (Å²) in [5, 5.41) is 2.07. The van der Waals surface area contributed by atoms with Crippen LogP contribution in [-0.2, 0) is 0 Å². The van der Waals surface area contributed by atoms with Crippen molar-refractivity contribution in [2.75, 3.05) is 0 Å². The largest absolute Gasteiger partial charge is 0.144 e. The van der Waals surface area contributed by atoms with E-state index in [4.69, 9.17) is 0 Å². The second-order valence-corrected chi connectivity index (χ2v) is 3.86. The van der Waals surface area contributed by atoms with E-state index < -0.39 is 0 Å². The molecule has 68 valence electrons. The van der Waals surface area contributed by atoms with E-state index in [9.17, 15) is 0 Å². The van der Waals surface area contributed by atoms with Crippen LogP contribution in [0.4, 0.5) is 0 Å². The predicted octanol–water partition coefficient (Wildman–Crippen LogP) is 4.07. The van der Waals surface area contributed by atoms with Gasteiger partial charge in [-0.05, 0) is 29.2 Å². The molecule has 0 spiro atoms. The maximum Gasteiger partial charge on any atom is 0.0347 e. The fourth-order valence-electron chi connectivity index (χ4n) is 1.14. The van der Waals surface area contributed by atoms with Gasteiger partial charge in [-0.2, -0.15) is 0 Å². The molecule has 0 aliphatic heterocycles. The summed E-state index contributed by atoms with van der Waals surface area (Å²) in [6, 6.07) is 14.3. The maximum absolute atomic E-state index is 3.16. The number of hydrogen-bond donors (Lipinski definition) is 0. The zero-order chi connectivity index (χ0) is 9.64. The minimum absolute atomic E-state index is 1.18. The summed E-state index contributed by atoms with van der Waals surface area (Å²) in [6.45, 7) is 0. The Balaban J connectivity index is 2.15. The van der Waals surface area contributed by atoms with Crippen LogP contribution in [0.15, 0.2) is 53.6 Å². The maximum atomic E-state index is 3.16. The molecule has 0 aliphatic carbocycles. The Kier molecular flexibility index (Phi) is 2.97. The van der Waals surface area contributed by atoms with E-state index in [0.717, 1.165) is 0 Å². The Morgan fingerprint density at radius 1 is 0.929 bits per heavy atom. The van der Waals surface area contributed by atoms with Crippen LogP contribution in [0.5, 0.6) is 0 Å². The first-order chi connectivity index (χ1) is 6.95. The van der Waals surface area contributed by atoms with Crippen molar-refractivity contribution >= 4 is 23.5 Å². The van der Waals surface area contributed by atoms with Crippen LogP contribution in [0.2, 0.25) is 0 Å². The molecule has 0 atom stereocenters. The minimum atomic E-state index is 1.18. The van der Waals surface area contributed by atoms with Crippen LogP contribution in [0.25, 0.3) is 12.2 Å². The Morgan fingerprint density at radius 2 is 1.79 bits per heavy atom. The van der Waals surface area contributed by atoms with Crippen molar-refractivity contribution in [2.45, 2.75) is 0 Å². The fraction of sp³-hybridized carbons (Fsp3) is 0. The molecule has 0 bridgehead atoms. The highest BCUT2D eigenvalue weighted by Crippen LogP contribution is 2.09. The molecule has 1 aromatic heterocycles. The standard InChI is InChI=1S/C13H10S/c1-2-6-12(7-3-1)8-4-9-13-10-5-11-14-13/h1-3,5-11H. The molecule has 0 fully saturated rings. The Labute approximate surface area is 87.8 Å². The molecule has 0 saturated heterocycles. The van der Waals surface area contributed by atoms with Crippen molar-refractivity contribution in [3.05, 3.63) is 64.0 Å². The van der Waals surface area contributed by atoms with Crippen molar-refractivity contribution in [1.29, 1.82) is 0 Å². The Hall–Kier alpha value is -1.56. The van der Waals surface area contributed by atoms with E-state index in [2.05, 4.69) is 29.3 Å². The molecule has 0 N–H and O–H groups in total. The molecule has 2 aromatic rings. The lowest BCUT2D eigenvalue weighted by molar-refractivity contribution is 1.66. The lowest BCUT2D eigenvalue weighted by atomic mass is 10.2. The molecule has 0 unspecified atom stereocenters. The van der Waals surface area contributed by atoms with E-state index in [1.54, 1.807) is 11.3 Å². The van der Waals surface area contributed by atoms with E-state index in [1.807, 2.05) is 36.4 Å². The lowest BCUT2D eigenvalue weighted by Gasteiger charge is -1.86. The van der Waals surface area contributed by atoms with Crippen molar-refractivity contribution in [2.24, 2.45) is 0 Å². The SMILES string of the molecule is C(=Cc1ccccc1)=Cc1cccs1. The highest BCUT2D eigenvalue weighted by atomic mass is 32.1. The molecule has 0 aliphatic rings. The Morgan fingerprint density at radius 3 is 2.50 bits per heavy atom. The van der Waals surface area contributed by atoms with Crippen LogP contribution in [0, 0.1) is 0 Å². The number of benzene rings is 1. The predicted molar refractivity (Wildman–Crippen MR) is 63.2 cm³/mol. The van der Waals surface area contributed by atoms with E-state index >= 15 is 0 Å². The summed E-state index contributed by atoms with van der Waals surface area (Å²) < 4.78 is 0. The van der Waals surface area contributed by atoms with E-state index in [1.165, 1.54) is 10.4 Å². The van der Waals surface area contributed by atoms with Crippen LogP contribution in [0.1, 0.15) is 10.4 Å². The highest BCUT2D eigenvalue weighted by molar-refractivity contribution is 7.10. The van der Waals surface area contributed by atoms with Crippen LogP contribution < -0.4 is 0 Å². The summed E-state index contributed by atoms with van der Waals surface area (Å²) in [5.74, 6) is 0. The van der Waals surface area contributed by atoms with Gasteiger partial charge in [-0.25, -0.2) is 0 Å². The van der Waals surface area contributed by atoms with Gasteiger partial charge in [-0.15, -0.1) is 17.1 Å². The molecule has 1 aromatic carbocycles. The minimum Gasteiger partial charge on any atom is -0.144 e. The first-order valence-electron chi connectivity index (χ1n) is 4.46. The van der Waals surface area contributed by atoms with Gasteiger partial charge in [0.15, 0.2) is 0 Å². The van der Waals surface area contributed by atoms with Gasteiger partial charge in [-0.3, -0.25) is 0 Å². The average molecular weight is 198 g/mol. The van der Waals surface area contributed by atoms with Gasteiger partial charge in [0.2, 0.25) is 0 Å². The monoisotopic (exact) mass is 198 g/mol. The smallest absolute Gasteiger partial charge is 0.0347 e. The number of thiophene rings is 1. The second kappa shape index (κ2) is 4.61. The average Bonchev–Trinajstić information content (AvgIpc) is 2.72. The summed E-state index contributed by atoms with van der Waals surface area (Å²) in [5.41, 5.74) is 4.35. The normalized spacial score (nSPS) is 9.14. The lowest BCUT2D eigenvalue weighted by Crippen LogP contribution is -1.65. The second-order valence-electron chi connectivity index (χ2n) is 2.88. The first-order valence-corrected chi connectivity index (χ1v) is 5.34. The molecule has 1 heteroatoms. The van der Waals surface area contributed by atoms with Gasteiger partial charge < -0.3 is 0 Å². The molecule has 0 radical (unpaired) electrons. The molecular formula is C13H10S. The fourth-order valence-corrected chi connectivity index (χ4v) is 1.75. The molecule has 1 heterocycles. The third kappa shape index (κ3) is 2.46. The van der Waals surface area contributed by atoms with Crippen LogP contribution >= 0.6 is 11.3 Å². The van der Waals surface area contributed by atoms with Crippen molar-refractivity contribution < 1.29 is 0 Å². The zero-order valence-corrected chi connectivity index (χ0v) is 8.50. The van der Waals surface area contributed by atoms with Gasteiger partial charge in [0.1, 0.15) is 0 Å². The van der Waals surface area contributed by atoms with Gasteiger partial charge in [0.25, 0.3) is 0 Å². The number of hydrogen-bond acceptors (Lipinski definition) is 1. The highest BCUT2D eigenvalue weighted by Gasteiger charge is 1.83. The summed E-state index contributed by atoms with van der Waals surface area (Å²) in [4.78, 5) is 1.23. The van der Waals surface area contributed by atoms with E-state index in [-0.39, 0.29) is 0 Å². The van der Waals surface area contributed by atoms with Crippen LogP contribution in [-0.4, -0.2) is 0 Å². The van der Waals surface area contributed by atoms with Crippen LogP contribution in [0.3, 0.4) is 0 Å². The van der Waals surface area contributed by atoms with Crippen molar-refractivity contribution in [3.8, 4) is 0 Å². The summed E-state index contributed by atoms with van der Waals surface area (Å²) in [6.07, 6.45) is 3.98. The quantitative estimate of drug-likeness (QED) is 0.638. The zero-order valence-electron chi connectivity index (χ0n) is 7.68. The van der Waals surface area contributed by atoms with Crippen molar-refractivity contribution in [3.63, 3.8) is 0 Å². The summed E-state index contributed by atoms with van der Waals surface area (Å²) in [7, 11) is 0. The molecular weight excluding hydrogens is 188 g/mol. The third-order valence-corrected chi connectivity index (χ3v) is 2.64. The molecule has 2 rings (SSSR count). The Bertz CT molecular complexity index is 431.